The molecule has 0 amide bonds. The average Bonchev–Trinajstić information content (AvgIpc) is 3.59. The number of carbonyl (C=O) groups is 1. The van der Waals surface area contributed by atoms with E-state index in [2.05, 4.69) is 31.0 Å². The molecule has 0 bridgehead atoms. The van der Waals surface area contributed by atoms with Crippen LogP contribution < -0.4 is 9.47 Å². The maximum Gasteiger partial charge on any atom is 0.304 e. The van der Waals surface area contributed by atoms with E-state index < -0.39 is 12.1 Å². The fourth-order valence-electron chi connectivity index (χ4n) is 6.06. The Balaban J connectivity index is 1.31. The predicted octanol–water partition coefficient (Wildman–Crippen LogP) is 6.53. The Kier molecular flexibility index (Phi) is 5.94. The third-order valence-corrected chi connectivity index (χ3v) is 7.73. The van der Waals surface area contributed by atoms with Gasteiger partial charge in [-0.25, -0.2) is 9.37 Å². The van der Waals surface area contributed by atoms with Crippen molar-refractivity contribution >= 4 is 5.97 Å². The van der Waals surface area contributed by atoms with Crippen LogP contribution in [0.2, 0.25) is 0 Å². The number of halogens is 1. The van der Waals surface area contributed by atoms with E-state index in [1.807, 2.05) is 36.0 Å². The summed E-state index contributed by atoms with van der Waals surface area (Å²) in [7, 11) is 1.98. The van der Waals surface area contributed by atoms with Crippen LogP contribution >= 0.6 is 0 Å². The van der Waals surface area contributed by atoms with Crippen molar-refractivity contribution in [3.8, 4) is 34.0 Å². The number of ether oxygens (including phenoxy) is 2. The molecular formula is C31H29FN2O4. The summed E-state index contributed by atoms with van der Waals surface area (Å²) in [5.74, 6) is 0.865. The maximum absolute atomic E-state index is 15.3. The number of hydrogen-bond acceptors (Lipinski definition) is 4. The molecule has 1 N–H and O–H groups in total. The number of imidazole rings is 1. The average molecular weight is 513 g/mol. The highest BCUT2D eigenvalue weighted by Gasteiger charge is 2.32. The van der Waals surface area contributed by atoms with Gasteiger partial charge in [-0.1, -0.05) is 12.1 Å². The number of rotatable bonds is 6. The Hall–Kier alpha value is -4.13. The minimum absolute atomic E-state index is 0.0265. The Bertz CT molecular complexity index is 1550. The van der Waals surface area contributed by atoms with Gasteiger partial charge in [0.2, 0.25) is 0 Å². The second-order valence-corrected chi connectivity index (χ2v) is 10.3. The van der Waals surface area contributed by atoms with Crippen LogP contribution in [0.25, 0.3) is 22.5 Å². The molecular weight excluding hydrogens is 483 g/mol. The summed E-state index contributed by atoms with van der Waals surface area (Å²) in [6, 6.07) is 13.2. The first-order valence-corrected chi connectivity index (χ1v) is 12.9. The first-order chi connectivity index (χ1) is 18.3. The van der Waals surface area contributed by atoms with E-state index >= 15 is 4.39 Å². The van der Waals surface area contributed by atoms with Crippen LogP contribution in [0.4, 0.5) is 4.39 Å². The van der Waals surface area contributed by atoms with Crippen LogP contribution in [-0.4, -0.2) is 27.2 Å². The third-order valence-electron chi connectivity index (χ3n) is 7.73. The molecule has 2 heterocycles. The van der Waals surface area contributed by atoms with Gasteiger partial charge in [-0.05, 0) is 78.8 Å². The molecule has 0 fully saturated rings. The number of aryl methyl sites for hydroxylation is 3. The monoisotopic (exact) mass is 512 g/mol. The lowest BCUT2D eigenvalue weighted by Gasteiger charge is -2.19. The lowest BCUT2D eigenvalue weighted by Crippen LogP contribution is -2.07. The number of carboxylic acid groups (broad SMARTS) is 1. The zero-order chi connectivity index (χ0) is 26.6. The van der Waals surface area contributed by atoms with Crippen molar-refractivity contribution in [2.45, 2.75) is 45.1 Å². The van der Waals surface area contributed by atoms with Gasteiger partial charge in [-0.15, -0.1) is 0 Å². The highest BCUT2D eigenvalue weighted by Crippen LogP contribution is 2.45. The van der Waals surface area contributed by atoms with Gasteiger partial charge in [0.1, 0.15) is 29.2 Å². The van der Waals surface area contributed by atoms with Crippen molar-refractivity contribution in [1.82, 2.24) is 9.55 Å². The van der Waals surface area contributed by atoms with Gasteiger partial charge in [0, 0.05) is 48.1 Å². The largest absolute Gasteiger partial charge is 0.492 e. The molecule has 0 unspecified atom stereocenters. The molecule has 6 rings (SSSR count). The fourth-order valence-corrected chi connectivity index (χ4v) is 6.06. The summed E-state index contributed by atoms with van der Waals surface area (Å²) in [5, 5.41) is 9.15. The van der Waals surface area contributed by atoms with Crippen LogP contribution in [0, 0.1) is 19.7 Å². The normalized spacial score (nSPS) is 17.7. The second kappa shape index (κ2) is 9.31. The first-order valence-electron chi connectivity index (χ1n) is 12.9. The standard InChI is InChI=1S/C31H29FN2O4/c1-17-12-19(31-33-10-11-34(31)3)13-18(2)29(17)23-6-8-25(32)30-24(23)7-9-26(30)38-21-4-5-22-20(14-28(35)36)16-37-27(22)15-21/h4-6,8,10-13,15,20,26H,7,9,14,16H2,1-3H3,(H,35,36)/t20-,26-/m1/s1. The molecule has 3 aromatic carbocycles. The van der Waals surface area contributed by atoms with E-state index in [1.54, 1.807) is 18.3 Å². The summed E-state index contributed by atoms with van der Waals surface area (Å²) < 4.78 is 29.3. The van der Waals surface area contributed by atoms with E-state index in [0.717, 1.165) is 51.2 Å². The lowest BCUT2D eigenvalue weighted by molar-refractivity contribution is -0.137. The molecule has 1 aliphatic heterocycles. The molecule has 38 heavy (non-hydrogen) atoms. The molecule has 0 radical (unpaired) electrons. The smallest absolute Gasteiger partial charge is 0.304 e. The molecule has 0 saturated heterocycles. The molecule has 1 aliphatic carbocycles. The van der Waals surface area contributed by atoms with Crippen molar-refractivity contribution in [2.75, 3.05) is 6.61 Å². The van der Waals surface area contributed by atoms with E-state index in [-0.39, 0.29) is 18.2 Å². The van der Waals surface area contributed by atoms with Gasteiger partial charge in [0.15, 0.2) is 0 Å². The molecule has 0 saturated carbocycles. The Morgan fingerprint density at radius 3 is 2.68 bits per heavy atom. The first kappa shape index (κ1) is 24.2. The van der Waals surface area contributed by atoms with Gasteiger partial charge in [0.25, 0.3) is 0 Å². The van der Waals surface area contributed by atoms with Crippen molar-refractivity contribution < 1.29 is 23.8 Å². The van der Waals surface area contributed by atoms with Gasteiger partial charge in [0.05, 0.1) is 13.0 Å². The molecule has 4 aromatic rings. The number of benzene rings is 3. The Labute approximate surface area is 220 Å². The van der Waals surface area contributed by atoms with Gasteiger partial charge >= 0.3 is 5.97 Å². The van der Waals surface area contributed by atoms with Gasteiger partial charge < -0.3 is 19.1 Å². The van der Waals surface area contributed by atoms with Crippen LogP contribution in [0.5, 0.6) is 11.5 Å². The third kappa shape index (κ3) is 4.12. The number of carboxylic acids is 1. The minimum Gasteiger partial charge on any atom is -0.492 e. The summed E-state index contributed by atoms with van der Waals surface area (Å²) >= 11 is 0. The SMILES string of the molecule is Cc1cc(-c2nccn2C)cc(C)c1-c1ccc(F)c2c1CC[C@H]2Oc1ccc2c(c1)OC[C@H]2CC(=O)O. The van der Waals surface area contributed by atoms with Crippen LogP contribution in [-0.2, 0) is 18.3 Å². The van der Waals surface area contributed by atoms with Crippen molar-refractivity contribution in [3.05, 3.63) is 88.5 Å². The van der Waals surface area contributed by atoms with E-state index in [1.165, 1.54) is 0 Å². The molecule has 194 valence electrons. The summed E-state index contributed by atoms with van der Waals surface area (Å²) in [6.07, 6.45) is 4.73. The van der Waals surface area contributed by atoms with Crippen LogP contribution in [0.1, 0.15) is 52.7 Å². The van der Waals surface area contributed by atoms with Gasteiger partial charge in [-0.2, -0.15) is 0 Å². The Morgan fingerprint density at radius 2 is 1.97 bits per heavy atom. The predicted molar refractivity (Wildman–Crippen MR) is 142 cm³/mol. The van der Waals surface area contributed by atoms with Gasteiger partial charge in [-0.3, -0.25) is 4.79 Å². The Morgan fingerprint density at radius 1 is 1.18 bits per heavy atom. The summed E-state index contributed by atoms with van der Waals surface area (Å²) in [4.78, 5) is 15.6. The summed E-state index contributed by atoms with van der Waals surface area (Å²) in [5.41, 5.74) is 7.93. The summed E-state index contributed by atoms with van der Waals surface area (Å²) in [6.45, 7) is 4.53. The molecule has 2 atom stereocenters. The number of aliphatic carboxylic acids is 1. The highest BCUT2D eigenvalue weighted by molar-refractivity contribution is 5.78. The zero-order valence-electron chi connectivity index (χ0n) is 21.6. The number of aromatic nitrogens is 2. The minimum atomic E-state index is -0.850. The lowest BCUT2D eigenvalue weighted by atomic mass is 9.89. The number of nitrogens with zero attached hydrogens (tertiary/aromatic N) is 2. The van der Waals surface area contributed by atoms with Crippen LogP contribution in [0.3, 0.4) is 0 Å². The number of hydrogen-bond donors (Lipinski definition) is 1. The quantitative estimate of drug-likeness (QED) is 0.318. The topological polar surface area (TPSA) is 73.6 Å². The van der Waals surface area contributed by atoms with Crippen molar-refractivity contribution in [2.24, 2.45) is 7.05 Å². The number of fused-ring (bicyclic) bond motifs is 2. The van der Waals surface area contributed by atoms with Crippen molar-refractivity contribution in [3.63, 3.8) is 0 Å². The molecule has 7 heteroatoms. The van der Waals surface area contributed by atoms with E-state index in [0.29, 0.717) is 30.1 Å². The molecule has 6 nitrogen and oxygen atoms in total. The maximum atomic E-state index is 15.3. The second-order valence-electron chi connectivity index (χ2n) is 10.3. The van der Waals surface area contributed by atoms with Crippen LogP contribution in [0.15, 0.2) is 54.9 Å². The van der Waals surface area contributed by atoms with Crippen molar-refractivity contribution in [1.29, 1.82) is 0 Å². The van der Waals surface area contributed by atoms with E-state index in [4.69, 9.17) is 14.6 Å². The zero-order valence-corrected chi connectivity index (χ0v) is 21.6. The van der Waals surface area contributed by atoms with E-state index in [9.17, 15) is 4.79 Å². The molecule has 1 aromatic heterocycles. The molecule has 0 spiro atoms. The fraction of sp³-hybridized carbons (Fsp3) is 0.290. The molecule has 2 aliphatic rings. The highest BCUT2D eigenvalue weighted by atomic mass is 19.1.